The predicted octanol–water partition coefficient (Wildman–Crippen LogP) is 1.67. The Morgan fingerprint density at radius 2 is 1.95 bits per heavy atom. The summed E-state index contributed by atoms with van der Waals surface area (Å²) in [6.45, 7) is 1.81. The van der Waals surface area contributed by atoms with E-state index in [1.165, 1.54) is 0 Å². The van der Waals surface area contributed by atoms with Crippen molar-refractivity contribution in [2.75, 3.05) is 11.9 Å². The SMILES string of the molecule is CC(O)C(N)CNC(=O)Nc1cccc2ccccc12. The number of urea groups is 1. The minimum Gasteiger partial charge on any atom is -0.392 e. The first-order valence-electron chi connectivity index (χ1n) is 6.54. The fraction of sp³-hybridized carbons (Fsp3) is 0.267. The number of amides is 2. The molecule has 2 aromatic rings. The molecule has 2 aromatic carbocycles. The molecule has 2 amide bonds. The second kappa shape index (κ2) is 6.36. The zero-order valence-electron chi connectivity index (χ0n) is 11.3. The maximum atomic E-state index is 11.8. The highest BCUT2D eigenvalue weighted by atomic mass is 16.3. The molecule has 0 saturated heterocycles. The van der Waals surface area contributed by atoms with Crippen LogP contribution in [0.4, 0.5) is 10.5 Å². The Morgan fingerprint density at radius 1 is 1.25 bits per heavy atom. The van der Waals surface area contributed by atoms with Gasteiger partial charge in [0.15, 0.2) is 0 Å². The molecule has 5 nitrogen and oxygen atoms in total. The van der Waals surface area contributed by atoms with E-state index in [9.17, 15) is 9.90 Å². The average Bonchev–Trinajstić information content (AvgIpc) is 2.45. The van der Waals surface area contributed by atoms with Crippen molar-refractivity contribution in [2.45, 2.75) is 19.1 Å². The number of hydrogen-bond donors (Lipinski definition) is 4. The Bertz CT molecular complexity index is 593. The highest BCUT2D eigenvalue weighted by molar-refractivity contribution is 6.01. The summed E-state index contributed by atoms with van der Waals surface area (Å²) in [5.74, 6) is 0. The van der Waals surface area contributed by atoms with Crippen LogP contribution in [0.5, 0.6) is 0 Å². The second-order valence-corrected chi connectivity index (χ2v) is 4.77. The molecule has 2 unspecified atom stereocenters. The van der Waals surface area contributed by atoms with Gasteiger partial charge in [-0.3, -0.25) is 0 Å². The Morgan fingerprint density at radius 3 is 2.70 bits per heavy atom. The van der Waals surface area contributed by atoms with Crippen molar-refractivity contribution in [2.24, 2.45) is 5.73 Å². The van der Waals surface area contributed by atoms with Crippen LogP contribution in [-0.4, -0.2) is 29.8 Å². The van der Waals surface area contributed by atoms with Crippen molar-refractivity contribution in [1.29, 1.82) is 0 Å². The molecule has 0 radical (unpaired) electrons. The first kappa shape index (κ1) is 14.3. The molecular formula is C15H19N3O2. The fourth-order valence-electron chi connectivity index (χ4n) is 1.88. The van der Waals surface area contributed by atoms with Gasteiger partial charge in [0.25, 0.3) is 0 Å². The molecule has 2 atom stereocenters. The minimum atomic E-state index is -0.659. The standard InChI is InChI=1S/C15H19N3O2/c1-10(19)13(16)9-17-15(20)18-14-8-4-6-11-5-2-3-7-12(11)14/h2-8,10,13,19H,9,16H2,1H3,(H2,17,18,20). The van der Waals surface area contributed by atoms with E-state index in [1.54, 1.807) is 6.92 Å². The van der Waals surface area contributed by atoms with Gasteiger partial charge in [-0.15, -0.1) is 0 Å². The number of nitrogens with one attached hydrogen (secondary N) is 2. The summed E-state index contributed by atoms with van der Waals surface area (Å²) in [5.41, 5.74) is 6.40. The van der Waals surface area contributed by atoms with Gasteiger partial charge in [-0.1, -0.05) is 36.4 Å². The zero-order valence-corrected chi connectivity index (χ0v) is 11.3. The Balaban J connectivity index is 2.03. The van der Waals surface area contributed by atoms with Crippen molar-refractivity contribution in [3.05, 3.63) is 42.5 Å². The quantitative estimate of drug-likeness (QED) is 0.683. The third-order valence-electron chi connectivity index (χ3n) is 3.16. The van der Waals surface area contributed by atoms with Gasteiger partial charge in [0.05, 0.1) is 11.8 Å². The van der Waals surface area contributed by atoms with Crippen molar-refractivity contribution in [3.8, 4) is 0 Å². The smallest absolute Gasteiger partial charge is 0.319 e. The maximum absolute atomic E-state index is 11.8. The number of carbonyl (C=O) groups excluding carboxylic acids is 1. The molecule has 0 spiro atoms. The van der Waals surface area contributed by atoms with E-state index in [-0.39, 0.29) is 12.6 Å². The molecule has 0 aromatic heterocycles. The van der Waals surface area contributed by atoms with E-state index < -0.39 is 12.1 Å². The molecule has 0 fully saturated rings. The van der Waals surface area contributed by atoms with E-state index in [2.05, 4.69) is 10.6 Å². The molecule has 0 saturated carbocycles. The monoisotopic (exact) mass is 273 g/mol. The van der Waals surface area contributed by atoms with E-state index >= 15 is 0 Å². The lowest BCUT2D eigenvalue weighted by molar-refractivity contribution is 0.162. The van der Waals surface area contributed by atoms with E-state index in [1.807, 2.05) is 42.5 Å². The number of anilines is 1. The molecule has 5 heteroatoms. The number of aliphatic hydroxyl groups excluding tert-OH is 1. The van der Waals surface area contributed by atoms with Gasteiger partial charge in [0.1, 0.15) is 0 Å². The Hall–Kier alpha value is -2.11. The van der Waals surface area contributed by atoms with Crippen LogP contribution in [0, 0.1) is 0 Å². The number of fused-ring (bicyclic) bond motifs is 1. The van der Waals surface area contributed by atoms with Crippen LogP contribution in [-0.2, 0) is 0 Å². The molecule has 0 heterocycles. The van der Waals surface area contributed by atoms with Crippen LogP contribution < -0.4 is 16.4 Å². The lowest BCUT2D eigenvalue weighted by atomic mass is 10.1. The minimum absolute atomic E-state index is 0.217. The van der Waals surface area contributed by atoms with Crippen molar-refractivity contribution in [3.63, 3.8) is 0 Å². The lowest BCUT2D eigenvalue weighted by Crippen LogP contribution is -2.44. The van der Waals surface area contributed by atoms with Gasteiger partial charge in [-0.05, 0) is 18.4 Å². The summed E-state index contributed by atoms with van der Waals surface area (Å²) >= 11 is 0. The normalized spacial score (nSPS) is 13.8. The van der Waals surface area contributed by atoms with Crippen LogP contribution in [0.25, 0.3) is 10.8 Å². The van der Waals surface area contributed by atoms with E-state index in [4.69, 9.17) is 5.73 Å². The van der Waals surface area contributed by atoms with Crippen molar-refractivity contribution in [1.82, 2.24) is 5.32 Å². The summed E-state index contributed by atoms with van der Waals surface area (Å²) in [6, 6.07) is 12.7. The van der Waals surface area contributed by atoms with Gasteiger partial charge in [-0.25, -0.2) is 4.79 Å². The summed E-state index contributed by atoms with van der Waals surface area (Å²) < 4.78 is 0. The second-order valence-electron chi connectivity index (χ2n) is 4.77. The zero-order chi connectivity index (χ0) is 14.5. The summed E-state index contributed by atoms with van der Waals surface area (Å²) in [7, 11) is 0. The first-order chi connectivity index (χ1) is 9.58. The lowest BCUT2D eigenvalue weighted by Gasteiger charge is -2.16. The van der Waals surface area contributed by atoms with Gasteiger partial charge in [-0.2, -0.15) is 0 Å². The highest BCUT2D eigenvalue weighted by Crippen LogP contribution is 2.22. The van der Waals surface area contributed by atoms with Gasteiger partial charge >= 0.3 is 6.03 Å². The number of carbonyl (C=O) groups is 1. The first-order valence-corrected chi connectivity index (χ1v) is 6.54. The molecule has 0 aliphatic carbocycles. The van der Waals surface area contributed by atoms with Crippen LogP contribution in [0.2, 0.25) is 0 Å². The van der Waals surface area contributed by atoms with Crippen LogP contribution in [0.1, 0.15) is 6.92 Å². The number of aliphatic hydroxyl groups is 1. The number of hydrogen-bond acceptors (Lipinski definition) is 3. The predicted molar refractivity (Wildman–Crippen MR) is 80.6 cm³/mol. The molecule has 20 heavy (non-hydrogen) atoms. The molecule has 0 bridgehead atoms. The van der Waals surface area contributed by atoms with Crippen LogP contribution in [0.15, 0.2) is 42.5 Å². The van der Waals surface area contributed by atoms with E-state index in [0.29, 0.717) is 0 Å². The molecule has 0 aliphatic rings. The third-order valence-corrected chi connectivity index (χ3v) is 3.16. The summed E-state index contributed by atoms with van der Waals surface area (Å²) in [4.78, 5) is 11.8. The number of nitrogens with two attached hydrogens (primary N) is 1. The molecule has 106 valence electrons. The van der Waals surface area contributed by atoms with Gasteiger partial charge in [0, 0.05) is 18.0 Å². The summed E-state index contributed by atoms with van der Waals surface area (Å²) in [5, 5.41) is 16.7. The Kier molecular flexibility index (Phi) is 4.55. The van der Waals surface area contributed by atoms with Crippen molar-refractivity contribution < 1.29 is 9.90 Å². The average molecular weight is 273 g/mol. The molecule has 2 rings (SSSR count). The largest absolute Gasteiger partial charge is 0.392 e. The van der Waals surface area contributed by atoms with Gasteiger partial charge in [0.2, 0.25) is 0 Å². The number of benzene rings is 2. The summed E-state index contributed by atoms with van der Waals surface area (Å²) in [6.07, 6.45) is -0.659. The van der Waals surface area contributed by atoms with Gasteiger partial charge < -0.3 is 21.5 Å². The third kappa shape index (κ3) is 3.46. The highest BCUT2D eigenvalue weighted by Gasteiger charge is 2.11. The van der Waals surface area contributed by atoms with Crippen LogP contribution >= 0.6 is 0 Å². The molecule has 5 N–H and O–H groups in total. The van der Waals surface area contributed by atoms with Crippen molar-refractivity contribution >= 4 is 22.5 Å². The van der Waals surface area contributed by atoms with Crippen LogP contribution in [0.3, 0.4) is 0 Å². The Labute approximate surface area is 117 Å². The van der Waals surface area contributed by atoms with E-state index in [0.717, 1.165) is 16.5 Å². The topological polar surface area (TPSA) is 87.4 Å². The fourth-order valence-corrected chi connectivity index (χ4v) is 1.88. The maximum Gasteiger partial charge on any atom is 0.319 e. The molecular weight excluding hydrogens is 254 g/mol. The number of rotatable bonds is 4. The molecule has 0 aliphatic heterocycles.